The van der Waals surface area contributed by atoms with E-state index < -0.39 is 5.97 Å². The Bertz CT molecular complexity index is 559. The predicted molar refractivity (Wildman–Crippen MR) is 77.4 cm³/mol. The molecule has 0 aliphatic heterocycles. The van der Waals surface area contributed by atoms with Gasteiger partial charge in [-0.15, -0.1) is 0 Å². The average molecular weight is 253 g/mol. The standard InChI is InChI=1S/C16H15NO2/c18-16(19)14-8-10-15(11-9-14)17-12-4-7-13-5-2-1-3-6-13/h1-11,17H,12H2,(H,18,19)/b7-4+. The first-order chi connectivity index (χ1) is 9.25. The van der Waals surface area contributed by atoms with Gasteiger partial charge in [0.1, 0.15) is 0 Å². The Balaban J connectivity index is 1.86. The summed E-state index contributed by atoms with van der Waals surface area (Å²) in [7, 11) is 0. The zero-order valence-electron chi connectivity index (χ0n) is 10.4. The van der Waals surface area contributed by atoms with Crippen molar-refractivity contribution in [3.63, 3.8) is 0 Å². The molecule has 0 bridgehead atoms. The highest BCUT2D eigenvalue weighted by molar-refractivity contribution is 5.88. The van der Waals surface area contributed by atoms with Crippen molar-refractivity contribution < 1.29 is 9.90 Å². The van der Waals surface area contributed by atoms with Gasteiger partial charge in [-0.3, -0.25) is 0 Å². The lowest BCUT2D eigenvalue weighted by atomic mass is 10.2. The van der Waals surface area contributed by atoms with Crippen molar-refractivity contribution in [2.24, 2.45) is 0 Å². The van der Waals surface area contributed by atoms with Crippen molar-refractivity contribution >= 4 is 17.7 Å². The zero-order chi connectivity index (χ0) is 13.5. The number of carboxylic acids is 1. The lowest BCUT2D eigenvalue weighted by Gasteiger charge is -2.03. The van der Waals surface area contributed by atoms with E-state index in [2.05, 4.69) is 5.32 Å². The third-order valence-corrected chi connectivity index (χ3v) is 2.67. The van der Waals surface area contributed by atoms with Crippen LogP contribution in [0.15, 0.2) is 60.7 Å². The van der Waals surface area contributed by atoms with Crippen LogP contribution in [0.3, 0.4) is 0 Å². The fourth-order valence-electron chi connectivity index (χ4n) is 1.67. The fraction of sp³-hybridized carbons (Fsp3) is 0.0625. The van der Waals surface area contributed by atoms with Gasteiger partial charge in [-0.1, -0.05) is 42.5 Å². The number of rotatable bonds is 5. The third kappa shape index (κ3) is 4.00. The van der Waals surface area contributed by atoms with E-state index in [0.29, 0.717) is 12.1 Å². The summed E-state index contributed by atoms with van der Waals surface area (Å²) in [6.07, 6.45) is 4.07. The van der Waals surface area contributed by atoms with Gasteiger partial charge in [0.25, 0.3) is 0 Å². The summed E-state index contributed by atoms with van der Waals surface area (Å²) >= 11 is 0. The number of hydrogen-bond donors (Lipinski definition) is 2. The molecular weight excluding hydrogens is 238 g/mol. The van der Waals surface area contributed by atoms with Gasteiger partial charge >= 0.3 is 5.97 Å². The Morgan fingerprint density at radius 1 is 1.05 bits per heavy atom. The van der Waals surface area contributed by atoms with Crippen LogP contribution in [0.4, 0.5) is 5.69 Å². The van der Waals surface area contributed by atoms with Crippen LogP contribution in [0, 0.1) is 0 Å². The largest absolute Gasteiger partial charge is 0.478 e. The van der Waals surface area contributed by atoms with Gasteiger partial charge in [-0.2, -0.15) is 0 Å². The SMILES string of the molecule is O=C(O)c1ccc(NC/C=C/c2ccccc2)cc1. The molecule has 0 fully saturated rings. The Morgan fingerprint density at radius 3 is 2.37 bits per heavy atom. The van der Waals surface area contributed by atoms with E-state index in [-0.39, 0.29) is 0 Å². The summed E-state index contributed by atoms with van der Waals surface area (Å²) in [6.45, 7) is 0.696. The first-order valence-corrected chi connectivity index (χ1v) is 6.04. The Morgan fingerprint density at radius 2 is 1.74 bits per heavy atom. The minimum absolute atomic E-state index is 0.297. The molecule has 0 saturated carbocycles. The molecule has 2 rings (SSSR count). The van der Waals surface area contributed by atoms with E-state index in [0.717, 1.165) is 11.3 Å². The van der Waals surface area contributed by atoms with Gasteiger partial charge in [0.2, 0.25) is 0 Å². The molecule has 0 aliphatic carbocycles. The second-order valence-electron chi connectivity index (χ2n) is 4.08. The number of anilines is 1. The Kier molecular flexibility index (Phi) is 4.34. The number of aromatic carboxylic acids is 1. The maximum absolute atomic E-state index is 10.7. The molecule has 0 spiro atoms. The summed E-state index contributed by atoms with van der Waals surface area (Å²) in [5.41, 5.74) is 2.36. The molecular formula is C16H15NO2. The molecule has 0 unspecified atom stereocenters. The number of hydrogen-bond acceptors (Lipinski definition) is 2. The minimum Gasteiger partial charge on any atom is -0.478 e. The van der Waals surface area contributed by atoms with E-state index in [1.165, 1.54) is 0 Å². The molecule has 0 aliphatic rings. The number of nitrogens with one attached hydrogen (secondary N) is 1. The molecule has 0 atom stereocenters. The molecule has 0 amide bonds. The molecule has 3 nitrogen and oxygen atoms in total. The van der Waals surface area contributed by atoms with E-state index >= 15 is 0 Å². The fourth-order valence-corrected chi connectivity index (χ4v) is 1.67. The maximum atomic E-state index is 10.7. The molecule has 0 radical (unpaired) electrons. The van der Waals surface area contributed by atoms with Gasteiger partial charge in [0, 0.05) is 12.2 Å². The molecule has 2 aromatic rings. The maximum Gasteiger partial charge on any atom is 0.335 e. The lowest BCUT2D eigenvalue weighted by Crippen LogP contribution is -2.00. The van der Waals surface area contributed by atoms with Crippen LogP contribution in [0.1, 0.15) is 15.9 Å². The predicted octanol–water partition coefficient (Wildman–Crippen LogP) is 3.51. The number of carbonyl (C=O) groups is 1. The van der Waals surface area contributed by atoms with Crippen molar-refractivity contribution in [3.05, 3.63) is 71.8 Å². The Hall–Kier alpha value is -2.55. The van der Waals surface area contributed by atoms with Crippen molar-refractivity contribution in [2.75, 3.05) is 11.9 Å². The third-order valence-electron chi connectivity index (χ3n) is 2.67. The highest BCUT2D eigenvalue weighted by atomic mass is 16.4. The minimum atomic E-state index is -0.907. The van der Waals surface area contributed by atoms with Crippen LogP contribution in [-0.2, 0) is 0 Å². The normalized spacial score (nSPS) is 10.5. The van der Waals surface area contributed by atoms with Crippen molar-refractivity contribution in [1.29, 1.82) is 0 Å². The molecule has 2 aromatic carbocycles. The molecule has 19 heavy (non-hydrogen) atoms. The van der Waals surface area contributed by atoms with Crippen LogP contribution < -0.4 is 5.32 Å². The van der Waals surface area contributed by atoms with Gasteiger partial charge in [-0.05, 0) is 29.8 Å². The molecule has 3 heteroatoms. The molecule has 0 saturated heterocycles. The van der Waals surface area contributed by atoms with E-state index in [4.69, 9.17) is 5.11 Å². The van der Waals surface area contributed by atoms with Crippen molar-refractivity contribution in [2.45, 2.75) is 0 Å². The summed E-state index contributed by atoms with van der Waals surface area (Å²) in [5.74, 6) is -0.907. The highest BCUT2D eigenvalue weighted by Crippen LogP contribution is 2.09. The van der Waals surface area contributed by atoms with Gasteiger partial charge in [-0.25, -0.2) is 4.79 Å². The zero-order valence-corrected chi connectivity index (χ0v) is 10.4. The van der Waals surface area contributed by atoms with E-state index in [9.17, 15) is 4.79 Å². The smallest absolute Gasteiger partial charge is 0.335 e. The van der Waals surface area contributed by atoms with Crippen LogP contribution >= 0.6 is 0 Å². The first-order valence-electron chi connectivity index (χ1n) is 6.04. The van der Waals surface area contributed by atoms with Crippen LogP contribution in [0.5, 0.6) is 0 Å². The average Bonchev–Trinajstić information content (AvgIpc) is 2.45. The topological polar surface area (TPSA) is 49.3 Å². The van der Waals surface area contributed by atoms with E-state index in [1.54, 1.807) is 24.3 Å². The van der Waals surface area contributed by atoms with E-state index in [1.807, 2.05) is 42.5 Å². The number of carboxylic acid groups (broad SMARTS) is 1. The van der Waals surface area contributed by atoms with Gasteiger partial charge in [0.05, 0.1) is 5.56 Å². The second-order valence-corrected chi connectivity index (χ2v) is 4.08. The summed E-state index contributed by atoms with van der Waals surface area (Å²) in [4.78, 5) is 10.7. The van der Waals surface area contributed by atoms with Gasteiger partial charge < -0.3 is 10.4 Å². The van der Waals surface area contributed by atoms with Crippen LogP contribution in [-0.4, -0.2) is 17.6 Å². The van der Waals surface area contributed by atoms with Crippen molar-refractivity contribution in [1.82, 2.24) is 0 Å². The molecule has 0 aromatic heterocycles. The quantitative estimate of drug-likeness (QED) is 0.857. The lowest BCUT2D eigenvalue weighted by molar-refractivity contribution is 0.0697. The highest BCUT2D eigenvalue weighted by Gasteiger charge is 2.00. The van der Waals surface area contributed by atoms with Gasteiger partial charge in [0.15, 0.2) is 0 Å². The van der Waals surface area contributed by atoms with Crippen LogP contribution in [0.2, 0.25) is 0 Å². The summed E-state index contributed by atoms with van der Waals surface area (Å²) in [6, 6.07) is 16.8. The van der Waals surface area contributed by atoms with Crippen LogP contribution in [0.25, 0.3) is 6.08 Å². The number of benzene rings is 2. The summed E-state index contributed by atoms with van der Waals surface area (Å²) in [5, 5.41) is 12.0. The molecule has 96 valence electrons. The first kappa shape index (κ1) is 12.9. The molecule has 0 heterocycles. The molecule has 2 N–H and O–H groups in total. The second kappa shape index (κ2) is 6.40. The van der Waals surface area contributed by atoms with Crippen molar-refractivity contribution in [3.8, 4) is 0 Å². The Labute approximate surface area is 112 Å². The summed E-state index contributed by atoms with van der Waals surface area (Å²) < 4.78 is 0. The monoisotopic (exact) mass is 253 g/mol.